The van der Waals surface area contributed by atoms with Gasteiger partial charge in [-0.25, -0.2) is 0 Å². The van der Waals surface area contributed by atoms with Gasteiger partial charge in [-0.2, -0.15) is 0 Å². The molecule has 166 valence electrons. The third-order valence-corrected chi connectivity index (χ3v) is 23.8. The lowest BCUT2D eigenvalue weighted by Crippen LogP contribution is -2.58. The summed E-state index contributed by atoms with van der Waals surface area (Å²) in [4.78, 5) is 0. The van der Waals surface area contributed by atoms with E-state index in [1.165, 1.54) is 0 Å². The van der Waals surface area contributed by atoms with E-state index in [4.69, 9.17) is 39.2 Å². The maximum Gasteiger partial charge on any atom is 0.500 e. The van der Waals surface area contributed by atoms with Gasteiger partial charge in [0.05, 0.1) is 0 Å². The van der Waals surface area contributed by atoms with Crippen molar-refractivity contribution < 1.29 is 39.2 Å². The van der Waals surface area contributed by atoms with Crippen LogP contribution in [-0.4, -0.2) is 85.3 Å². The first kappa shape index (κ1) is 25.0. The van der Waals surface area contributed by atoms with Crippen LogP contribution >= 0.6 is 0 Å². The molecule has 2 fully saturated rings. The average molecular weight is 489 g/mol. The van der Waals surface area contributed by atoms with Crippen LogP contribution in [0.25, 0.3) is 0 Å². The monoisotopic (exact) mass is 488 g/mol. The summed E-state index contributed by atoms with van der Waals surface area (Å²) in [6.07, 6.45) is 0.888. The maximum atomic E-state index is 6.46. The summed E-state index contributed by atoms with van der Waals surface area (Å²) >= 11 is 0. The van der Waals surface area contributed by atoms with E-state index in [-0.39, 0.29) is 6.29 Å². The molecule has 3 unspecified atom stereocenters. The summed E-state index contributed by atoms with van der Waals surface area (Å²) in [5.41, 5.74) is 0. The zero-order chi connectivity index (χ0) is 20.8. The zero-order valence-corrected chi connectivity index (χ0v) is 23.5. The van der Waals surface area contributed by atoms with Crippen molar-refractivity contribution >= 4 is 44.5 Å². The summed E-state index contributed by atoms with van der Waals surface area (Å²) in [6.45, 7) is 9.69. The van der Waals surface area contributed by atoms with Gasteiger partial charge in [0.15, 0.2) is 6.29 Å². The van der Waals surface area contributed by atoms with Gasteiger partial charge in [0.25, 0.3) is 0 Å². The molecule has 3 atom stereocenters. The van der Waals surface area contributed by atoms with Crippen LogP contribution in [0.15, 0.2) is 0 Å². The second kappa shape index (κ2) is 10.8. The molecule has 9 nitrogen and oxygen atoms in total. The number of epoxide rings is 1. The largest absolute Gasteiger partial charge is 0.500 e. The third-order valence-electron chi connectivity index (χ3n) is 4.86. The fraction of sp³-hybridized carbons (Fsp3) is 1.00. The van der Waals surface area contributed by atoms with E-state index in [0.29, 0.717) is 19.3 Å². The van der Waals surface area contributed by atoms with Crippen molar-refractivity contribution in [3.63, 3.8) is 0 Å². The van der Waals surface area contributed by atoms with Gasteiger partial charge in [-0.1, -0.05) is 0 Å². The van der Waals surface area contributed by atoms with Crippen LogP contribution < -0.4 is 0 Å². The Morgan fingerprint density at radius 3 is 1.79 bits per heavy atom. The minimum absolute atomic E-state index is 0.00409. The zero-order valence-electron chi connectivity index (χ0n) is 18.1. The van der Waals surface area contributed by atoms with Crippen LogP contribution in [0.4, 0.5) is 0 Å². The van der Waals surface area contributed by atoms with Crippen molar-refractivity contribution in [2.75, 3.05) is 34.5 Å². The normalized spacial score (nSPS) is 36.8. The van der Waals surface area contributed by atoms with E-state index < -0.39 is 44.5 Å². The third kappa shape index (κ3) is 7.76. The van der Waals surface area contributed by atoms with Gasteiger partial charge >= 0.3 is 44.5 Å². The number of ether oxygens (including phenoxy) is 2. The molecule has 0 aromatic heterocycles. The summed E-state index contributed by atoms with van der Waals surface area (Å²) in [5, 5.41) is 0. The molecule has 0 aromatic rings. The average Bonchev–Trinajstić information content (AvgIpc) is 3.43. The van der Waals surface area contributed by atoms with Crippen LogP contribution in [0.2, 0.25) is 44.3 Å². The highest BCUT2D eigenvalue weighted by atomic mass is 28.5. The Morgan fingerprint density at radius 2 is 1.36 bits per heavy atom. The predicted molar refractivity (Wildman–Crippen MR) is 115 cm³/mol. The SMILES string of the molecule is CO[Si](CC[Si]1(C)O[SiH](C)O[Si](C)(CCCOC2CO2)O[SiH](C)O1)(OC)OC. The molecule has 2 rings (SSSR count). The van der Waals surface area contributed by atoms with Gasteiger partial charge in [-0.05, 0) is 44.7 Å². The van der Waals surface area contributed by atoms with E-state index in [1.54, 1.807) is 21.3 Å². The predicted octanol–water partition coefficient (Wildman–Crippen LogP) is 1.55. The maximum absolute atomic E-state index is 6.46. The molecular formula is C14H36O9Si5. The summed E-state index contributed by atoms with van der Waals surface area (Å²) in [7, 11) is -6.37. The Bertz CT molecular complexity index is 458. The molecule has 28 heavy (non-hydrogen) atoms. The minimum Gasteiger partial charge on any atom is -0.418 e. The summed E-state index contributed by atoms with van der Waals surface area (Å²) in [5.74, 6) is 0. The Balaban J connectivity index is 1.91. The second-order valence-corrected chi connectivity index (χ2v) is 22.1. The van der Waals surface area contributed by atoms with Gasteiger partial charge in [0.1, 0.15) is 6.61 Å². The fourth-order valence-corrected chi connectivity index (χ4v) is 24.2. The molecule has 0 aromatic carbocycles. The van der Waals surface area contributed by atoms with E-state index in [1.807, 2.05) is 0 Å². The molecule has 0 amide bonds. The molecule has 14 heteroatoms. The lowest BCUT2D eigenvalue weighted by atomic mass is 10.5. The Morgan fingerprint density at radius 1 is 0.893 bits per heavy atom. The van der Waals surface area contributed by atoms with Crippen LogP contribution in [0.5, 0.6) is 0 Å². The molecule has 0 N–H and O–H groups in total. The van der Waals surface area contributed by atoms with Crippen LogP contribution in [0, 0.1) is 0 Å². The van der Waals surface area contributed by atoms with Crippen molar-refractivity contribution in [3.8, 4) is 0 Å². The van der Waals surface area contributed by atoms with Crippen LogP contribution in [-0.2, 0) is 39.2 Å². The molecule has 0 spiro atoms. The first-order valence-corrected chi connectivity index (χ1v) is 20.9. The number of hydrogen-bond acceptors (Lipinski definition) is 9. The van der Waals surface area contributed by atoms with Gasteiger partial charge in [-0.15, -0.1) is 0 Å². The molecule has 0 aliphatic carbocycles. The van der Waals surface area contributed by atoms with Gasteiger partial charge in [0.2, 0.25) is 0 Å². The molecule has 0 saturated carbocycles. The number of rotatable bonds is 11. The van der Waals surface area contributed by atoms with Crippen molar-refractivity contribution in [1.29, 1.82) is 0 Å². The highest BCUT2D eigenvalue weighted by molar-refractivity contribution is 6.85. The van der Waals surface area contributed by atoms with E-state index in [2.05, 4.69) is 26.2 Å². The van der Waals surface area contributed by atoms with Crippen molar-refractivity contribution in [2.24, 2.45) is 0 Å². The Hall–Kier alpha value is 0.724. The molecule has 2 aliphatic heterocycles. The van der Waals surface area contributed by atoms with Gasteiger partial charge in [0, 0.05) is 34.0 Å². The van der Waals surface area contributed by atoms with Crippen LogP contribution in [0.3, 0.4) is 0 Å². The van der Waals surface area contributed by atoms with Crippen LogP contribution in [0.1, 0.15) is 6.42 Å². The number of hydrogen-bond donors (Lipinski definition) is 0. The highest BCUT2D eigenvalue weighted by Gasteiger charge is 2.48. The molecule has 2 heterocycles. The van der Waals surface area contributed by atoms with Gasteiger partial charge in [-0.3, -0.25) is 0 Å². The smallest absolute Gasteiger partial charge is 0.418 e. The second-order valence-electron chi connectivity index (χ2n) is 7.41. The molecule has 0 radical (unpaired) electrons. The fourth-order valence-electron chi connectivity index (χ4n) is 3.42. The Kier molecular flexibility index (Phi) is 9.68. The molecule has 0 bridgehead atoms. The Labute approximate surface area is 175 Å². The molecule has 2 saturated heterocycles. The topological polar surface area (TPSA) is 86.4 Å². The lowest BCUT2D eigenvalue weighted by molar-refractivity contribution is 0.0499. The van der Waals surface area contributed by atoms with Crippen molar-refractivity contribution in [1.82, 2.24) is 0 Å². The van der Waals surface area contributed by atoms with Crippen molar-refractivity contribution in [2.45, 2.75) is 57.0 Å². The quantitative estimate of drug-likeness (QED) is 0.244. The minimum atomic E-state index is -2.67. The van der Waals surface area contributed by atoms with E-state index in [9.17, 15) is 0 Å². The summed E-state index contributed by atoms with van der Waals surface area (Å²) < 4.78 is 53.0. The van der Waals surface area contributed by atoms with E-state index >= 15 is 0 Å². The van der Waals surface area contributed by atoms with Crippen molar-refractivity contribution in [3.05, 3.63) is 0 Å². The first-order valence-electron chi connectivity index (χ1n) is 9.77. The van der Waals surface area contributed by atoms with E-state index in [0.717, 1.165) is 18.5 Å². The standard InChI is InChI=1S/C14H36O9Si5/c1-15-28(16-2,17-3)12-11-27(7)22-24(4)20-26(6,21-25(5)23-27)10-8-9-18-14-13-19-14/h14,24-25H,8-13H2,1-7H3. The highest BCUT2D eigenvalue weighted by Crippen LogP contribution is 2.30. The molecule has 2 aliphatic rings. The lowest BCUT2D eigenvalue weighted by Gasteiger charge is -2.42. The first-order chi connectivity index (χ1) is 13.2. The molecular weight excluding hydrogens is 453 g/mol. The summed E-state index contributed by atoms with van der Waals surface area (Å²) in [6, 6.07) is 2.24. The van der Waals surface area contributed by atoms with Gasteiger partial charge < -0.3 is 39.2 Å².